The summed E-state index contributed by atoms with van der Waals surface area (Å²) in [6.45, 7) is 12.7. The molecule has 84 valence electrons. The van der Waals surface area contributed by atoms with Crippen molar-refractivity contribution >= 4 is 11.6 Å². The minimum absolute atomic E-state index is 0.00903. The molecule has 0 atom stereocenters. The van der Waals surface area contributed by atoms with Crippen molar-refractivity contribution in [3.63, 3.8) is 0 Å². The van der Waals surface area contributed by atoms with Crippen LogP contribution in [0.25, 0.3) is 0 Å². The number of halogens is 1. The maximum absolute atomic E-state index is 6.10. The second-order valence-corrected chi connectivity index (χ2v) is 6.44. The van der Waals surface area contributed by atoms with E-state index in [1.165, 1.54) is 0 Å². The van der Waals surface area contributed by atoms with Crippen molar-refractivity contribution in [2.24, 2.45) is 0 Å². The molecule has 2 heteroatoms. The van der Waals surface area contributed by atoms with Crippen LogP contribution in [-0.4, -0.2) is 0 Å². The lowest BCUT2D eigenvalue weighted by atomic mass is 9.90. The number of rotatable bonds is 0. The summed E-state index contributed by atoms with van der Waals surface area (Å²) in [5.41, 5.74) is -0.0181. The lowest BCUT2D eigenvalue weighted by Crippen LogP contribution is -2.16. The van der Waals surface area contributed by atoms with E-state index < -0.39 is 0 Å². The van der Waals surface area contributed by atoms with Gasteiger partial charge in [-0.1, -0.05) is 11.6 Å². The molecule has 0 radical (unpaired) electrons. The number of hydrogen-bond acceptors (Lipinski definition) is 0. The number of hydrogen-bond donors (Lipinski definition) is 0. The maximum Gasteiger partial charge on any atom is 0.336 e. The largest absolute Gasteiger partial charge is 0.336 e. The lowest BCUT2D eigenvalue weighted by molar-refractivity contribution is 0.329. The van der Waals surface area contributed by atoms with Crippen LogP contribution in [0.1, 0.15) is 53.1 Å². The van der Waals surface area contributed by atoms with Crippen LogP contribution in [0.3, 0.4) is 0 Å². The molecule has 1 nitrogen and oxygen atoms in total. The molecule has 0 saturated heterocycles. The molecule has 0 unspecified atom stereocenters. The molecule has 0 aliphatic rings. The van der Waals surface area contributed by atoms with Gasteiger partial charge >= 0.3 is 11.5 Å². The highest BCUT2D eigenvalue weighted by molar-refractivity contribution is 6.30. The molecule has 0 aliphatic heterocycles. The van der Waals surface area contributed by atoms with Crippen LogP contribution in [0.2, 0.25) is 5.02 Å². The molecule has 1 aromatic heterocycles. The molecule has 0 saturated carbocycles. The van der Waals surface area contributed by atoms with Crippen molar-refractivity contribution in [3.8, 4) is 0 Å². The quantitative estimate of drug-likeness (QED) is 0.579. The van der Waals surface area contributed by atoms with Crippen molar-refractivity contribution in [1.29, 1.82) is 0 Å². The van der Waals surface area contributed by atoms with E-state index in [1.807, 2.05) is 12.1 Å². The zero-order valence-corrected chi connectivity index (χ0v) is 11.2. The summed E-state index contributed by atoms with van der Waals surface area (Å²) in [5, 5.41) is 0.746. The highest BCUT2D eigenvalue weighted by atomic mass is 35.5. The van der Waals surface area contributed by atoms with Gasteiger partial charge in [0.15, 0.2) is 0 Å². The fraction of sp³-hybridized carbons (Fsp3) is 0.615. The molecular formula is C13H20ClO+. The molecule has 0 bridgehead atoms. The van der Waals surface area contributed by atoms with Gasteiger partial charge in [0.05, 0.1) is 28.0 Å². The molecule has 0 aliphatic carbocycles. The monoisotopic (exact) mass is 227 g/mol. The minimum Gasteiger partial charge on any atom is -0.217 e. The average molecular weight is 228 g/mol. The molecule has 1 aromatic rings. The molecule has 15 heavy (non-hydrogen) atoms. The first-order valence-corrected chi connectivity index (χ1v) is 5.63. The van der Waals surface area contributed by atoms with E-state index in [9.17, 15) is 0 Å². The first kappa shape index (κ1) is 12.5. The SMILES string of the molecule is CC(C)(C)c1cc(Cl)cc(C(C)(C)C)[o+]1. The van der Waals surface area contributed by atoms with Crippen molar-refractivity contribution in [2.45, 2.75) is 52.4 Å². The smallest absolute Gasteiger partial charge is 0.217 e. The van der Waals surface area contributed by atoms with Gasteiger partial charge < -0.3 is 0 Å². The molecule has 0 spiro atoms. The fourth-order valence-corrected chi connectivity index (χ4v) is 1.41. The Morgan fingerprint density at radius 3 is 1.47 bits per heavy atom. The predicted molar refractivity (Wildman–Crippen MR) is 65.5 cm³/mol. The molecule has 0 aromatic carbocycles. The maximum atomic E-state index is 6.10. The van der Waals surface area contributed by atoms with Crippen LogP contribution in [0.5, 0.6) is 0 Å². The standard InChI is InChI=1S/C13H20ClO/c1-12(2,3)10-7-9(14)8-11(15-10)13(4,5)6/h7-8H,1-6H3/q+1. The molecule has 0 N–H and O–H groups in total. The average Bonchev–Trinajstić information content (AvgIpc) is 1.99. The zero-order chi connectivity index (χ0) is 11.9. The van der Waals surface area contributed by atoms with Gasteiger partial charge in [0.1, 0.15) is 0 Å². The van der Waals surface area contributed by atoms with E-state index in [2.05, 4.69) is 41.5 Å². The van der Waals surface area contributed by atoms with Crippen molar-refractivity contribution in [3.05, 3.63) is 28.7 Å². The predicted octanol–water partition coefficient (Wildman–Crippen LogP) is 4.81. The molecule has 0 fully saturated rings. The Kier molecular flexibility index (Phi) is 3.16. The van der Waals surface area contributed by atoms with Gasteiger partial charge in [0.2, 0.25) is 0 Å². The Labute approximate surface area is 97.5 Å². The normalized spacial score (nSPS) is 13.0. The van der Waals surface area contributed by atoms with Gasteiger partial charge in [0.25, 0.3) is 0 Å². The Hall–Kier alpha value is -0.560. The summed E-state index contributed by atoms with van der Waals surface area (Å²) in [6, 6.07) is 3.80. The second-order valence-electron chi connectivity index (χ2n) is 6.00. The van der Waals surface area contributed by atoms with Crippen LogP contribution in [0, 0.1) is 0 Å². The van der Waals surface area contributed by atoms with Crippen LogP contribution in [-0.2, 0) is 10.8 Å². The van der Waals surface area contributed by atoms with Crippen molar-refractivity contribution in [2.75, 3.05) is 0 Å². The van der Waals surface area contributed by atoms with Gasteiger partial charge in [-0.05, 0) is 41.5 Å². The van der Waals surface area contributed by atoms with Crippen LogP contribution < -0.4 is 0 Å². The van der Waals surface area contributed by atoms with E-state index in [1.54, 1.807) is 0 Å². The molecular weight excluding hydrogens is 208 g/mol. The fourth-order valence-electron chi connectivity index (χ4n) is 1.21. The summed E-state index contributed by atoms with van der Waals surface area (Å²) in [5.74, 6) is 1.86. The van der Waals surface area contributed by atoms with Crippen LogP contribution >= 0.6 is 11.6 Å². The second kappa shape index (κ2) is 3.79. The van der Waals surface area contributed by atoms with Crippen LogP contribution in [0.4, 0.5) is 0 Å². The first-order chi connectivity index (χ1) is 6.60. The highest BCUT2D eigenvalue weighted by Crippen LogP contribution is 2.31. The molecule has 1 rings (SSSR count). The third kappa shape index (κ3) is 3.20. The van der Waals surface area contributed by atoms with Crippen molar-refractivity contribution < 1.29 is 4.42 Å². The van der Waals surface area contributed by atoms with E-state index >= 15 is 0 Å². The van der Waals surface area contributed by atoms with Gasteiger partial charge in [-0.2, -0.15) is 0 Å². The lowest BCUT2D eigenvalue weighted by Gasteiger charge is -2.13. The Bertz CT molecular complexity index is 324. The summed E-state index contributed by atoms with van der Waals surface area (Å²) in [7, 11) is 0. The van der Waals surface area contributed by atoms with E-state index in [-0.39, 0.29) is 10.8 Å². The third-order valence-corrected chi connectivity index (χ3v) is 2.45. The summed E-state index contributed by atoms with van der Waals surface area (Å²) >= 11 is 6.10. The topological polar surface area (TPSA) is 11.3 Å². The van der Waals surface area contributed by atoms with Gasteiger partial charge in [-0.25, -0.2) is 4.42 Å². The summed E-state index contributed by atoms with van der Waals surface area (Å²) in [6.07, 6.45) is 0. The van der Waals surface area contributed by atoms with E-state index in [4.69, 9.17) is 16.0 Å². The van der Waals surface area contributed by atoms with Gasteiger partial charge in [-0.15, -0.1) is 0 Å². The Morgan fingerprint density at radius 2 is 1.20 bits per heavy atom. The van der Waals surface area contributed by atoms with Gasteiger partial charge in [0, 0.05) is 0 Å². The highest BCUT2D eigenvalue weighted by Gasteiger charge is 2.33. The Balaban J connectivity index is 3.30. The zero-order valence-electron chi connectivity index (χ0n) is 10.4. The minimum atomic E-state index is -0.00903. The van der Waals surface area contributed by atoms with Gasteiger partial charge in [-0.3, -0.25) is 0 Å². The molecule has 1 heterocycles. The van der Waals surface area contributed by atoms with E-state index in [0.717, 1.165) is 16.5 Å². The van der Waals surface area contributed by atoms with Crippen molar-refractivity contribution in [1.82, 2.24) is 0 Å². The third-order valence-electron chi connectivity index (χ3n) is 2.24. The Morgan fingerprint density at radius 1 is 0.867 bits per heavy atom. The summed E-state index contributed by atoms with van der Waals surface area (Å²) < 4.78 is 5.90. The molecule has 0 amide bonds. The summed E-state index contributed by atoms with van der Waals surface area (Å²) in [4.78, 5) is 0. The van der Waals surface area contributed by atoms with Crippen LogP contribution in [0.15, 0.2) is 16.5 Å². The van der Waals surface area contributed by atoms with E-state index in [0.29, 0.717) is 0 Å². The first-order valence-electron chi connectivity index (χ1n) is 5.25.